The van der Waals surface area contributed by atoms with Crippen molar-refractivity contribution in [3.63, 3.8) is 0 Å². The highest BCUT2D eigenvalue weighted by atomic mass is 35.5. The molecule has 0 unspecified atom stereocenters. The number of rotatable bonds is 6. The highest BCUT2D eigenvalue weighted by Gasteiger charge is 2.28. The zero-order valence-electron chi connectivity index (χ0n) is 14.5. The third-order valence-electron chi connectivity index (χ3n) is 4.03. The summed E-state index contributed by atoms with van der Waals surface area (Å²) < 4.78 is 47.2. The van der Waals surface area contributed by atoms with E-state index < -0.39 is 20.7 Å². The van der Waals surface area contributed by atoms with Crippen molar-refractivity contribution in [1.29, 1.82) is 0 Å². The minimum atomic E-state index is -4.16. The average molecular weight is 406 g/mol. The van der Waals surface area contributed by atoms with Crippen LogP contribution in [0.25, 0.3) is 0 Å². The molecule has 0 aliphatic heterocycles. The molecule has 0 bridgehead atoms. The molecule has 0 atom stereocenters. The molecule has 140 valence electrons. The summed E-state index contributed by atoms with van der Waals surface area (Å²) in [6.07, 6.45) is 0. The van der Waals surface area contributed by atoms with Gasteiger partial charge in [0, 0.05) is 10.6 Å². The standard InChI is InChI=1S/C20H17ClFNO3S/c1-26-19-8-4-2-6-15(19)14-23(17-12-10-16(21)11-13-17)27(24,25)20-9-5-3-7-18(20)22/h2-13H,14H2,1H3. The van der Waals surface area contributed by atoms with Gasteiger partial charge in [-0.1, -0.05) is 41.9 Å². The Hall–Kier alpha value is -2.57. The van der Waals surface area contributed by atoms with Crippen molar-refractivity contribution in [1.82, 2.24) is 0 Å². The summed E-state index contributed by atoms with van der Waals surface area (Å²) in [6, 6.07) is 18.7. The largest absolute Gasteiger partial charge is 0.496 e. The third kappa shape index (κ3) is 4.07. The van der Waals surface area contributed by atoms with Crippen LogP contribution in [0.3, 0.4) is 0 Å². The second-order valence-electron chi connectivity index (χ2n) is 5.73. The van der Waals surface area contributed by atoms with E-state index in [1.165, 1.54) is 25.3 Å². The van der Waals surface area contributed by atoms with E-state index >= 15 is 0 Å². The first-order valence-electron chi connectivity index (χ1n) is 8.08. The Kier molecular flexibility index (Phi) is 5.68. The SMILES string of the molecule is COc1ccccc1CN(c1ccc(Cl)cc1)S(=O)(=O)c1ccccc1F. The van der Waals surface area contributed by atoms with Gasteiger partial charge < -0.3 is 4.74 Å². The lowest BCUT2D eigenvalue weighted by atomic mass is 10.2. The lowest BCUT2D eigenvalue weighted by molar-refractivity contribution is 0.410. The van der Waals surface area contributed by atoms with Crippen molar-refractivity contribution in [2.75, 3.05) is 11.4 Å². The normalized spacial score (nSPS) is 11.2. The van der Waals surface area contributed by atoms with Crippen LogP contribution in [-0.4, -0.2) is 15.5 Å². The van der Waals surface area contributed by atoms with E-state index in [0.29, 0.717) is 22.0 Å². The molecule has 0 amide bonds. The van der Waals surface area contributed by atoms with Gasteiger partial charge in [0.05, 0.1) is 19.3 Å². The van der Waals surface area contributed by atoms with Gasteiger partial charge in [-0.2, -0.15) is 0 Å². The Morgan fingerprint density at radius 1 is 0.963 bits per heavy atom. The summed E-state index contributed by atoms with van der Waals surface area (Å²) >= 11 is 5.93. The number of hydrogen-bond acceptors (Lipinski definition) is 3. The van der Waals surface area contributed by atoms with Crippen molar-refractivity contribution < 1.29 is 17.5 Å². The fraction of sp³-hybridized carbons (Fsp3) is 0.100. The molecule has 0 radical (unpaired) electrons. The van der Waals surface area contributed by atoms with Crippen LogP contribution in [0, 0.1) is 5.82 Å². The Labute approximate surface area is 162 Å². The van der Waals surface area contributed by atoms with Crippen LogP contribution >= 0.6 is 11.6 Å². The van der Waals surface area contributed by atoms with Crippen LogP contribution in [0.4, 0.5) is 10.1 Å². The van der Waals surface area contributed by atoms with Gasteiger partial charge in [-0.05, 0) is 42.5 Å². The van der Waals surface area contributed by atoms with Crippen molar-refractivity contribution in [3.8, 4) is 5.75 Å². The molecule has 0 saturated carbocycles. The molecule has 27 heavy (non-hydrogen) atoms. The molecule has 3 rings (SSSR count). The minimum Gasteiger partial charge on any atom is -0.496 e. The predicted molar refractivity (Wildman–Crippen MR) is 104 cm³/mol. The number of ether oxygens (including phenoxy) is 1. The second kappa shape index (κ2) is 7.98. The number of para-hydroxylation sites is 1. The van der Waals surface area contributed by atoms with Crippen LogP contribution in [0.15, 0.2) is 77.7 Å². The zero-order valence-corrected chi connectivity index (χ0v) is 16.0. The van der Waals surface area contributed by atoms with Crippen LogP contribution < -0.4 is 9.04 Å². The van der Waals surface area contributed by atoms with E-state index in [1.807, 2.05) is 0 Å². The molecule has 0 aliphatic carbocycles. The molecule has 0 N–H and O–H groups in total. The summed E-state index contributed by atoms with van der Waals surface area (Å²) in [7, 11) is -2.65. The van der Waals surface area contributed by atoms with Crippen LogP contribution in [0.5, 0.6) is 5.75 Å². The Bertz CT molecular complexity index is 1040. The van der Waals surface area contributed by atoms with E-state index in [0.717, 1.165) is 10.4 Å². The van der Waals surface area contributed by atoms with Crippen molar-refractivity contribution >= 4 is 27.3 Å². The molecule has 0 heterocycles. The lowest BCUT2D eigenvalue weighted by Crippen LogP contribution is -2.31. The van der Waals surface area contributed by atoms with Gasteiger partial charge in [0.1, 0.15) is 16.5 Å². The first-order valence-corrected chi connectivity index (χ1v) is 9.90. The van der Waals surface area contributed by atoms with E-state index in [-0.39, 0.29) is 6.54 Å². The Balaban J connectivity index is 2.13. The lowest BCUT2D eigenvalue weighted by Gasteiger charge is -2.25. The number of hydrogen-bond donors (Lipinski definition) is 0. The molecular formula is C20H17ClFNO3S. The molecule has 0 saturated heterocycles. The molecule has 7 heteroatoms. The van der Waals surface area contributed by atoms with Crippen LogP contribution in [-0.2, 0) is 16.6 Å². The minimum absolute atomic E-state index is 0.0255. The summed E-state index contributed by atoms with van der Waals surface area (Å²) in [5.41, 5.74) is 1.02. The summed E-state index contributed by atoms with van der Waals surface area (Å²) in [5, 5.41) is 0.472. The topological polar surface area (TPSA) is 46.6 Å². The van der Waals surface area contributed by atoms with Gasteiger partial charge in [-0.25, -0.2) is 12.8 Å². The maximum absolute atomic E-state index is 14.3. The summed E-state index contributed by atoms with van der Waals surface area (Å²) in [4.78, 5) is -0.394. The third-order valence-corrected chi connectivity index (χ3v) is 6.08. The highest BCUT2D eigenvalue weighted by Crippen LogP contribution is 2.30. The molecule has 0 aliphatic rings. The molecule has 3 aromatic rings. The summed E-state index contributed by atoms with van der Waals surface area (Å²) in [6.45, 7) is -0.0255. The highest BCUT2D eigenvalue weighted by molar-refractivity contribution is 7.92. The molecule has 0 aromatic heterocycles. The second-order valence-corrected chi connectivity index (χ2v) is 8.00. The van der Waals surface area contributed by atoms with Crippen molar-refractivity contribution in [2.24, 2.45) is 0 Å². The fourth-order valence-electron chi connectivity index (χ4n) is 2.68. The smallest absolute Gasteiger partial charge is 0.267 e. The van der Waals surface area contributed by atoms with E-state index in [9.17, 15) is 12.8 Å². The van der Waals surface area contributed by atoms with Crippen molar-refractivity contribution in [2.45, 2.75) is 11.4 Å². The van der Waals surface area contributed by atoms with Gasteiger partial charge in [0.15, 0.2) is 0 Å². The number of halogens is 2. The molecule has 4 nitrogen and oxygen atoms in total. The van der Waals surface area contributed by atoms with Crippen LogP contribution in [0.2, 0.25) is 5.02 Å². The van der Waals surface area contributed by atoms with Gasteiger partial charge >= 0.3 is 0 Å². The van der Waals surface area contributed by atoms with Crippen LogP contribution in [0.1, 0.15) is 5.56 Å². The predicted octanol–water partition coefficient (Wildman–Crippen LogP) is 4.88. The summed E-state index contributed by atoms with van der Waals surface area (Å²) in [5.74, 6) is -0.267. The molecular weight excluding hydrogens is 389 g/mol. The number of sulfonamides is 1. The quantitative estimate of drug-likeness (QED) is 0.587. The fourth-order valence-corrected chi connectivity index (χ4v) is 4.32. The van der Waals surface area contributed by atoms with E-state index in [1.54, 1.807) is 48.5 Å². The van der Waals surface area contributed by atoms with Gasteiger partial charge in [0.2, 0.25) is 0 Å². The first kappa shape index (κ1) is 19.2. The number of benzene rings is 3. The molecule has 3 aromatic carbocycles. The zero-order chi connectivity index (χ0) is 19.4. The number of methoxy groups -OCH3 is 1. The van der Waals surface area contributed by atoms with Crippen molar-refractivity contribution in [3.05, 3.63) is 89.2 Å². The number of anilines is 1. The van der Waals surface area contributed by atoms with E-state index in [2.05, 4.69) is 0 Å². The average Bonchev–Trinajstić information content (AvgIpc) is 2.67. The molecule has 0 spiro atoms. The Morgan fingerprint density at radius 2 is 1.59 bits per heavy atom. The van der Waals surface area contributed by atoms with Gasteiger partial charge in [-0.3, -0.25) is 4.31 Å². The Morgan fingerprint density at radius 3 is 2.26 bits per heavy atom. The van der Waals surface area contributed by atoms with Gasteiger partial charge in [-0.15, -0.1) is 0 Å². The number of nitrogens with zero attached hydrogens (tertiary/aromatic N) is 1. The van der Waals surface area contributed by atoms with E-state index in [4.69, 9.17) is 16.3 Å². The first-order chi connectivity index (χ1) is 12.9. The maximum Gasteiger partial charge on any atom is 0.267 e. The maximum atomic E-state index is 14.3. The molecule has 0 fully saturated rings. The monoisotopic (exact) mass is 405 g/mol. The van der Waals surface area contributed by atoms with Gasteiger partial charge in [0.25, 0.3) is 10.0 Å².